The van der Waals surface area contributed by atoms with Crippen LogP contribution in [0.1, 0.15) is 19.3 Å². The van der Waals surface area contributed by atoms with Gasteiger partial charge in [-0.25, -0.2) is 0 Å². The normalized spacial score (nSPS) is 15.8. The lowest BCUT2D eigenvalue weighted by atomic mass is 10.3. The molecule has 1 aliphatic heterocycles. The van der Waals surface area contributed by atoms with Crippen molar-refractivity contribution in [2.45, 2.75) is 31.4 Å². The molecule has 23 heavy (non-hydrogen) atoms. The highest BCUT2D eigenvalue weighted by Crippen LogP contribution is 2.15. The molecule has 0 unspecified atom stereocenters. The minimum absolute atomic E-state index is 0.00849. The van der Waals surface area contributed by atoms with Gasteiger partial charge in [0, 0.05) is 46.2 Å². The third-order valence-electron chi connectivity index (χ3n) is 3.77. The Kier molecular flexibility index (Phi) is 11.2. The molecule has 0 spiro atoms. The predicted molar refractivity (Wildman–Crippen MR) is 99.7 cm³/mol. The molecule has 132 valence electrons. The lowest BCUT2D eigenvalue weighted by Gasteiger charge is -2.24. The maximum absolute atomic E-state index is 5.36. The highest BCUT2D eigenvalue weighted by Gasteiger charge is 2.36. The lowest BCUT2D eigenvalue weighted by molar-refractivity contribution is 0.123. The number of rotatable bonds is 8. The zero-order valence-corrected chi connectivity index (χ0v) is 17.1. The summed E-state index contributed by atoms with van der Waals surface area (Å²) in [6.45, 7) is 1.95. The van der Waals surface area contributed by atoms with Crippen molar-refractivity contribution in [1.29, 1.82) is 0 Å². The first kappa shape index (κ1) is 20.3. The van der Waals surface area contributed by atoms with Gasteiger partial charge in [0.25, 0.3) is 0 Å². The molecule has 0 aromatic heterocycles. The first-order valence-corrected chi connectivity index (χ1v) is 11.8. The van der Waals surface area contributed by atoms with Gasteiger partial charge in [0.05, 0.1) is 0 Å². The van der Waals surface area contributed by atoms with Crippen LogP contribution < -0.4 is 5.32 Å². The smallest absolute Gasteiger partial charge is 0.424 e. The molecule has 1 aliphatic rings. The number of para-hydroxylation sites is 1. The fourth-order valence-electron chi connectivity index (χ4n) is 2.34. The lowest BCUT2D eigenvalue weighted by Crippen LogP contribution is -2.42. The van der Waals surface area contributed by atoms with E-state index in [2.05, 4.69) is 5.32 Å². The number of anilines is 1. The Morgan fingerprint density at radius 3 is 2.22 bits per heavy atom. The van der Waals surface area contributed by atoms with Gasteiger partial charge in [-0.05, 0) is 31.0 Å². The van der Waals surface area contributed by atoms with Crippen molar-refractivity contribution < 1.29 is 17.7 Å². The maximum atomic E-state index is 5.36. The van der Waals surface area contributed by atoms with E-state index in [1.165, 1.54) is 18.9 Å². The van der Waals surface area contributed by atoms with E-state index in [1.807, 2.05) is 30.3 Å². The summed E-state index contributed by atoms with van der Waals surface area (Å²) in [5.41, 5.74) is 1.13. The average molecular weight is 358 g/mol. The van der Waals surface area contributed by atoms with Gasteiger partial charge in [0.15, 0.2) is 9.76 Å². The molecule has 1 fully saturated rings. The van der Waals surface area contributed by atoms with Crippen molar-refractivity contribution in [2.75, 3.05) is 39.8 Å². The monoisotopic (exact) mass is 357 g/mol. The van der Waals surface area contributed by atoms with Crippen molar-refractivity contribution in [3.8, 4) is 0 Å². The number of nitrogens with one attached hydrogen (secondary N) is 1. The molecule has 1 N–H and O–H groups in total. The number of hydrogen-bond donors (Lipinski definition) is 1. The van der Waals surface area contributed by atoms with E-state index in [0.717, 1.165) is 31.3 Å². The van der Waals surface area contributed by atoms with Crippen molar-refractivity contribution >= 4 is 24.3 Å². The Morgan fingerprint density at radius 2 is 1.78 bits per heavy atom. The molecule has 1 saturated heterocycles. The zero-order valence-electron chi connectivity index (χ0n) is 14.7. The van der Waals surface area contributed by atoms with Gasteiger partial charge in [-0.1, -0.05) is 24.6 Å². The molecule has 0 amide bonds. The SMILES string of the molecule is C1CC[SiH2]OC1.CO[Si](CCCNc1ccccc1)(OC)OC. The maximum Gasteiger partial charge on any atom is 0.500 e. The van der Waals surface area contributed by atoms with E-state index in [0.29, 0.717) is 0 Å². The van der Waals surface area contributed by atoms with Crippen LogP contribution in [0.4, 0.5) is 5.69 Å². The number of benzene rings is 1. The summed E-state index contributed by atoms with van der Waals surface area (Å²) in [6, 6.07) is 12.4. The van der Waals surface area contributed by atoms with Crippen LogP contribution in [0.15, 0.2) is 30.3 Å². The summed E-state index contributed by atoms with van der Waals surface area (Å²) in [5.74, 6) is 0. The largest absolute Gasteiger partial charge is 0.500 e. The topological polar surface area (TPSA) is 49.0 Å². The van der Waals surface area contributed by atoms with Crippen LogP contribution in [0.2, 0.25) is 12.1 Å². The first-order chi connectivity index (χ1) is 11.3. The molecule has 2 rings (SSSR count). The Morgan fingerprint density at radius 1 is 1.09 bits per heavy atom. The van der Waals surface area contributed by atoms with Crippen LogP contribution in [0, 0.1) is 0 Å². The second-order valence-electron chi connectivity index (χ2n) is 5.36. The fraction of sp³-hybridized carbons (Fsp3) is 0.625. The minimum atomic E-state index is -2.40. The third-order valence-corrected chi connectivity index (χ3v) is 7.97. The standard InChI is InChI=1S/C12H21NO3Si.C4H10OSi/c1-14-17(15-2,16-3)11-7-10-13-12-8-5-4-6-9-12;1-2-4-6-5-3-1/h4-6,8-9,13H,7,10-11H2,1-3H3;1-4,6H2. The highest BCUT2D eigenvalue weighted by molar-refractivity contribution is 6.60. The minimum Gasteiger partial charge on any atom is -0.424 e. The quantitative estimate of drug-likeness (QED) is 0.572. The Hall–Kier alpha value is -0.706. The van der Waals surface area contributed by atoms with Gasteiger partial charge < -0.3 is 23.0 Å². The van der Waals surface area contributed by atoms with E-state index in [4.69, 9.17) is 17.7 Å². The van der Waals surface area contributed by atoms with Gasteiger partial charge >= 0.3 is 8.80 Å². The van der Waals surface area contributed by atoms with Crippen molar-refractivity contribution in [2.24, 2.45) is 0 Å². The molecule has 1 aromatic rings. The summed E-state index contributed by atoms with van der Waals surface area (Å²) in [5, 5.41) is 3.35. The highest BCUT2D eigenvalue weighted by atomic mass is 28.4. The van der Waals surface area contributed by atoms with Crippen molar-refractivity contribution in [3.05, 3.63) is 30.3 Å². The molecule has 7 heteroatoms. The molecule has 1 aromatic carbocycles. The molecule has 0 radical (unpaired) electrons. The molecule has 0 bridgehead atoms. The van der Waals surface area contributed by atoms with Crippen LogP contribution in [0.5, 0.6) is 0 Å². The van der Waals surface area contributed by atoms with Crippen LogP contribution in [-0.4, -0.2) is 53.0 Å². The summed E-state index contributed by atoms with van der Waals surface area (Å²) < 4.78 is 21.3. The molecule has 1 heterocycles. The molecule has 0 aliphatic carbocycles. The molecule has 0 saturated carbocycles. The average Bonchev–Trinajstić information content (AvgIpc) is 2.65. The number of hydrogen-bond acceptors (Lipinski definition) is 5. The van der Waals surface area contributed by atoms with E-state index in [1.54, 1.807) is 21.3 Å². The third kappa shape index (κ3) is 8.64. The van der Waals surface area contributed by atoms with Gasteiger partial charge in [-0.3, -0.25) is 0 Å². The fourth-order valence-corrected chi connectivity index (χ4v) is 5.23. The van der Waals surface area contributed by atoms with E-state index < -0.39 is 8.80 Å². The Balaban J connectivity index is 0.000000366. The molecular formula is C16H31NO4Si2. The Bertz CT molecular complexity index is 367. The van der Waals surface area contributed by atoms with Crippen LogP contribution in [-0.2, 0) is 17.7 Å². The Labute approximate surface area is 144 Å². The second kappa shape index (κ2) is 12.7. The van der Waals surface area contributed by atoms with Gasteiger partial charge in [0.2, 0.25) is 0 Å². The van der Waals surface area contributed by atoms with E-state index in [9.17, 15) is 0 Å². The zero-order chi connectivity index (χ0) is 16.8. The van der Waals surface area contributed by atoms with Gasteiger partial charge in [-0.2, -0.15) is 0 Å². The summed E-state index contributed by atoms with van der Waals surface area (Å²) in [7, 11) is 2.54. The second-order valence-corrected chi connectivity index (χ2v) is 9.98. The molecule has 5 nitrogen and oxygen atoms in total. The van der Waals surface area contributed by atoms with Crippen LogP contribution in [0.25, 0.3) is 0 Å². The van der Waals surface area contributed by atoms with Gasteiger partial charge in [0.1, 0.15) is 0 Å². The van der Waals surface area contributed by atoms with E-state index >= 15 is 0 Å². The predicted octanol–water partition coefficient (Wildman–Crippen LogP) is 2.67. The summed E-state index contributed by atoms with van der Waals surface area (Å²) in [6.07, 6.45) is 3.70. The molecule has 0 atom stereocenters. The summed E-state index contributed by atoms with van der Waals surface area (Å²) >= 11 is 0. The summed E-state index contributed by atoms with van der Waals surface area (Å²) in [4.78, 5) is 0. The van der Waals surface area contributed by atoms with Crippen LogP contribution >= 0.6 is 0 Å². The van der Waals surface area contributed by atoms with Gasteiger partial charge in [-0.15, -0.1) is 0 Å². The van der Waals surface area contributed by atoms with Crippen molar-refractivity contribution in [3.63, 3.8) is 0 Å². The van der Waals surface area contributed by atoms with E-state index in [-0.39, 0.29) is 9.76 Å². The van der Waals surface area contributed by atoms with Crippen LogP contribution in [0.3, 0.4) is 0 Å². The van der Waals surface area contributed by atoms with Crippen molar-refractivity contribution in [1.82, 2.24) is 0 Å². The molecular weight excluding hydrogens is 326 g/mol. The first-order valence-electron chi connectivity index (χ1n) is 8.28.